The maximum absolute atomic E-state index is 11.6. The zero-order chi connectivity index (χ0) is 12.0. The molecule has 16 heavy (non-hydrogen) atoms. The van der Waals surface area contributed by atoms with E-state index in [-0.39, 0.29) is 0 Å². The molecule has 0 saturated carbocycles. The first-order valence-electron chi connectivity index (χ1n) is 4.27. The van der Waals surface area contributed by atoms with Crippen LogP contribution in [-0.2, 0) is 19.0 Å². The molecule has 0 spiro atoms. The Morgan fingerprint density at radius 2 is 2.12 bits per heavy atom. The lowest BCUT2D eigenvalue weighted by molar-refractivity contribution is -0.164. The van der Waals surface area contributed by atoms with Gasteiger partial charge in [0.1, 0.15) is 0 Å². The number of nitriles is 2. The van der Waals surface area contributed by atoms with E-state index in [2.05, 4.69) is 9.47 Å². The Labute approximate surface area is 91.9 Å². The van der Waals surface area contributed by atoms with E-state index in [4.69, 9.17) is 15.3 Å². The van der Waals surface area contributed by atoms with Gasteiger partial charge in [0, 0.05) is 0 Å². The maximum Gasteiger partial charge on any atom is 0.360 e. The van der Waals surface area contributed by atoms with Gasteiger partial charge in [-0.15, -0.1) is 0 Å². The molecule has 2 atom stereocenters. The number of rotatable bonds is 3. The van der Waals surface area contributed by atoms with Gasteiger partial charge in [0.2, 0.25) is 0 Å². The summed E-state index contributed by atoms with van der Waals surface area (Å²) >= 11 is 0. The molecule has 0 bridgehead atoms. The van der Waals surface area contributed by atoms with Crippen LogP contribution >= 0.6 is 0 Å². The summed E-state index contributed by atoms with van der Waals surface area (Å²) in [5.74, 6) is -0.810. The van der Waals surface area contributed by atoms with Crippen molar-refractivity contribution in [1.82, 2.24) is 0 Å². The number of hydrogen-bond donors (Lipinski definition) is 0. The van der Waals surface area contributed by atoms with E-state index >= 15 is 0 Å². The van der Waals surface area contributed by atoms with Crippen molar-refractivity contribution in [3.05, 3.63) is 24.3 Å². The number of carbonyl (C=O) groups excluding carboxylic acids is 1. The van der Waals surface area contributed by atoms with Gasteiger partial charge in [0.05, 0.1) is 7.11 Å². The molecule has 0 aliphatic heterocycles. The zero-order valence-corrected chi connectivity index (χ0v) is 8.41. The Morgan fingerprint density at radius 3 is 2.69 bits per heavy atom. The number of esters is 1. The third kappa shape index (κ3) is 1.82. The summed E-state index contributed by atoms with van der Waals surface area (Å²) in [6.45, 7) is 0. The van der Waals surface area contributed by atoms with Crippen LogP contribution in [0.5, 0.6) is 0 Å². The molecule has 6 nitrogen and oxygen atoms in total. The van der Waals surface area contributed by atoms with E-state index in [1.54, 1.807) is 6.08 Å². The normalized spacial score (nSPS) is 26.3. The van der Waals surface area contributed by atoms with E-state index in [0.717, 1.165) is 7.11 Å². The Balaban J connectivity index is 3.12. The van der Waals surface area contributed by atoms with Crippen LogP contribution in [0, 0.1) is 23.0 Å². The molecule has 1 rings (SSSR count). The van der Waals surface area contributed by atoms with Crippen molar-refractivity contribution in [2.24, 2.45) is 0 Å². The lowest BCUT2D eigenvalue weighted by Gasteiger charge is -2.30. The van der Waals surface area contributed by atoms with Crippen LogP contribution in [0.4, 0.5) is 0 Å². The molecule has 0 aromatic rings. The highest BCUT2D eigenvalue weighted by molar-refractivity contribution is 5.84. The van der Waals surface area contributed by atoms with Crippen LogP contribution in [0.15, 0.2) is 24.3 Å². The van der Waals surface area contributed by atoms with Crippen LogP contribution in [-0.4, -0.2) is 24.8 Å². The zero-order valence-electron chi connectivity index (χ0n) is 8.41. The molecule has 0 saturated heterocycles. The van der Waals surface area contributed by atoms with E-state index < -0.39 is 17.7 Å². The number of carbonyl (C=O) groups is 1. The van der Waals surface area contributed by atoms with Crippen LogP contribution < -0.4 is 0 Å². The second kappa shape index (κ2) is 4.85. The quantitative estimate of drug-likeness (QED) is 0.504. The summed E-state index contributed by atoms with van der Waals surface area (Å²) in [5.41, 5.74) is -1.73. The summed E-state index contributed by atoms with van der Waals surface area (Å²) < 4.78 is 13.9. The second-order valence-corrected chi connectivity index (χ2v) is 2.85. The van der Waals surface area contributed by atoms with Gasteiger partial charge in [0.25, 0.3) is 18.1 Å². The highest BCUT2D eigenvalue weighted by atomic mass is 16.6. The van der Waals surface area contributed by atoms with Crippen LogP contribution in [0.25, 0.3) is 0 Å². The van der Waals surface area contributed by atoms with Crippen LogP contribution in [0.1, 0.15) is 0 Å². The fourth-order valence-corrected chi connectivity index (χ4v) is 1.34. The Morgan fingerprint density at radius 1 is 1.38 bits per heavy atom. The SMILES string of the molecule is COC(=O)C1(OC#N)C=CC=CC1OC#N. The molecule has 6 heteroatoms. The Hall–Kier alpha value is -2.47. The Kier molecular flexibility index (Phi) is 3.52. The van der Waals surface area contributed by atoms with Gasteiger partial charge in [-0.05, 0) is 12.2 Å². The third-order valence-electron chi connectivity index (χ3n) is 2.06. The first-order chi connectivity index (χ1) is 7.71. The van der Waals surface area contributed by atoms with Gasteiger partial charge in [-0.25, -0.2) is 4.79 Å². The average molecular weight is 220 g/mol. The van der Waals surface area contributed by atoms with Gasteiger partial charge in [-0.3, -0.25) is 0 Å². The van der Waals surface area contributed by atoms with Gasteiger partial charge in [-0.2, -0.15) is 10.5 Å². The standard InChI is InChI=1S/C10H8N2O4/c1-14-9(13)10(16-7-12)5-3-2-4-8(10)15-6-11/h2-5,8H,1H3. The van der Waals surface area contributed by atoms with Crippen molar-refractivity contribution in [3.63, 3.8) is 0 Å². The third-order valence-corrected chi connectivity index (χ3v) is 2.06. The van der Waals surface area contributed by atoms with Crippen molar-refractivity contribution in [1.29, 1.82) is 10.5 Å². The van der Waals surface area contributed by atoms with Crippen LogP contribution in [0.2, 0.25) is 0 Å². The lowest BCUT2D eigenvalue weighted by atomic mass is 9.92. The average Bonchev–Trinajstić information content (AvgIpc) is 2.31. The van der Waals surface area contributed by atoms with Gasteiger partial charge in [0.15, 0.2) is 6.10 Å². The van der Waals surface area contributed by atoms with Gasteiger partial charge < -0.3 is 14.2 Å². The Bertz CT molecular complexity index is 416. The molecule has 2 unspecified atom stereocenters. The predicted octanol–water partition coefficient (Wildman–Crippen LogP) is 0.388. The molecule has 0 amide bonds. The topological polar surface area (TPSA) is 92.3 Å². The van der Waals surface area contributed by atoms with Crippen molar-refractivity contribution >= 4 is 5.97 Å². The number of ether oxygens (including phenoxy) is 3. The van der Waals surface area contributed by atoms with Crippen molar-refractivity contribution in [2.45, 2.75) is 11.7 Å². The molecule has 1 aliphatic carbocycles. The van der Waals surface area contributed by atoms with E-state index in [9.17, 15) is 4.79 Å². The number of allylic oxidation sites excluding steroid dienone is 2. The largest absolute Gasteiger partial charge is 0.466 e. The molecule has 0 N–H and O–H groups in total. The summed E-state index contributed by atoms with van der Waals surface area (Å²) in [6, 6.07) is 0. The monoisotopic (exact) mass is 220 g/mol. The molecule has 0 radical (unpaired) electrons. The van der Waals surface area contributed by atoms with E-state index in [0.29, 0.717) is 0 Å². The molecule has 82 valence electrons. The second-order valence-electron chi connectivity index (χ2n) is 2.85. The van der Waals surface area contributed by atoms with Crippen molar-refractivity contribution in [2.75, 3.05) is 7.11 Å². The number of nitrogens with zero attached hydrogens (tertiary/aromatic N) is 2. The lowest BCUT2D eigenvalue weighted by Crippen LogP contribution is -2.50. The maximum atomic E-state index is 11.6. The summed E-state index contributed by atoms with van der Waals surface area (Å²) in [7, 11) is 1.15. The van der Waals surface area contributed by atoms with Gasteiger partial charge in [-0.1, -0.05) is 12.2 Å². The summed E-state index contributed by atoms with van der Waals surface area (Å²) in [5, 5.41) is 17.0. The van der Waals surface area contributed by atoms with Gasteiger partial charge >= 0.3 is 5.97 Å². The minimum absolute atomic E-state index is 0.810. The highest BCUT2D eigenvalue weighted by Gasteiger charge is 2.50. The summed E-state index contributed by atoms with van der Waals surface area (Å²) in [6.07, 6.45) is 7.65. The first kappa shape index (κ1) is 11.6. The van der Waals surface area contributed by atoms with Crippen molar-refractivity contribution in [3.8, 4) is 12.5 Å². The van der Waals surface area contributed by atoms with Crippen molar-refractivity contribution < 1.29 is 19.0 Å². The van der Waals surface area contributed by atoms with E-state index in [1.807, 2.05) is 0 Å². The fraction of sp³-hybridized carbons (Fsp3) is 0.300. The first-order valence-corrected chi connectivity index (χ1v) is 4.27. The highest BCUT2D eigenvalue weighted by Crippen LogP contribution is 2.26. The molecule has 0 aromatic carbocycles. The minimum atomic E-state index is -1.73. The molecular formula is C10H8N2O4. The van der Waals surface area contributed by atoms with Crippen LogP contribution in [0.3, 0.4) is 0 Å². The molecule has 0 fully saturated rings. The summed E-state index contributed by atoms with van der Waals surface area (Å²) in [4.78, 5) is 11.6. The van der Waals surface area contributed by atoms with E-state index in [1.165, 1.54) is 30.7 Å². The minimum Gasteiger partial charge on any atom is -0.466 e. The molecule has 1 aliphatic rings. The fourth-order valence-electron chi connectivity index (χ4n) is 1.34. The molecule has 0 heterocycles. The molecule has 0 aromatic heterocycles. The number of methoxy groups -OCH3 is 1. The molecular weight excluding hydrogens is 212 g/mol. The smallest absolute Gasteiger partial charge is 0.360 e. The number of hydrogen-bond acceptors (Lipinski definition) is 6. The predicted molar refractivity (Wildman–Crippen MR) is 50.2 cm³/mol.